The molecule has 2 N–H and O–H groups in total. The Labute approximate surface area is 151 Å². The Morgan fingerprint density at radius 2 is 2.32 bits per heavy atom. The lowest BCUT2D eigenvalue weighted by molar-refractivity contribution is -0.124. The first-order chi connectivity index (χ1) is 12.2. The minimum absolute atomic E-state index is 0.177. The van der Waals surface area contributed by atoms with E-state index >= 15 is 0 Å². The van der Waals surface area contributed by atoms with Crippen molar-refractivity contribution in [1.82, 2.24) is 9.88 Å². The summed E-state index contributed by atoms with van der Waals surface area (Å²) >= 11 is 1.83. The number of primary amides is 1. The molecular formula is C19H22N3O2S. The Morgan fingerprint density at radius 3 is 3.12 bits per heavy atom. The summed E-state index contributed by atoms with van der Waals surface area (Å²) in [6.07, 6.45) is 6.84. The molecule has 2 aliphatic rings. The van der Waals surface area contributed by atoms with Gasteiger partial charge in [0.25, 0.3) is 0 Å². The quantitative estimate of drug-likeness (QED) is 0.915. The zero-order chi connectivity index (χ0) is 17.4. The predicted octanol–water partition coefficient (Wildman–Crippen LogP) is 2.41. The number of nitrogens with zero attached hydrogens (tertiary/aromatic N) is 2. The van der Waals surface area contributed by atoms with Gasteiger partial charge in [-0.05, 0) is 56.0 Å². The van der Waals surface area contributed by atoms with E-state index in [2.05, 4.69) is 22.4 Å². The van der Waals surface area contributed by atoms with E-state index < -0.39 is 0 Å². The molecule has 0 spiro atoms. The van der Waals surface area contributed by atoms with E-state index in [1.165, 1.54) is 10.5 Å². The molecule has 1 saturated heterocycles. The molecule has 1 radical (unpaired) electrons. The number of fused-ring (bicyclic) bond motifs is 3. The van der Waals surface area contributed by atoms with Crippen LogP contribution >= 0.6 is 11.8 Å². The van der Waals surface area contributed by atoms with Crippen molar-refractivity contribution in [3.63, 3.8) is 0 Å². The molecule has 1 aromatic heterocycles. The van der Waals surface area contributed by atoms with Gasteiger partial charge in [-0.15, -0.1) is 11.8 Å². The molecule has 6 heteroatoms. The summed E-state index contributed by atoms with van der Waals surface area (Å²) in [7, 11) is 1.68. The lowest BCUT2D eigenvalue weighted by Gasteiger charge is -2.41. The molecule has 1 amide bonds. The molecule has 0 saturated carbocycles. The molecule has 4 rings (SSSR count). The zero-order valence-electron chi connectivity index (χ0n) is 14.3. The standard InChI is InChI=1S/C19H22N3O2S/c1-24-13-5-6-16-14(9-13)15-8-12(11-25-18(15)10-21-16)22-7-3-2-4-17(22)19(20)23/h2,5-6,9-10,12,17H,3-4,7-8,11H2,1H3,(H2,20,23). The lowest BCUT2D eigenvalue weighted by atomic mass is 9.95. The summed E-state index contributed by atoms with van der Waals surface area (Å²) < 4.78 is 5.39. The maximum atomic E-state index is 11.9. The summed E-state index contributed by atoms with van der Waals surface area (Å²) in [5, 5.41) is 1.15. The van der Waals surface area contributed by atoms with Crippen LogP contribution in [0.1, 0.15) is 18.4 Å². The van der Waals surface area contributed by atoms with Gasteiger partial charge in [0.05, 0.1) is 18.7 Å². The number of pyridine rings is 1. The van der Waals surface area contributed by atoms with Gasteiger partial charge < -0.3 is 10.5 Å². The average molecular weight is 356 g/mol. The minimum atomic E-state index is -0.215. The normalized spacial score (nSPS) is 24.0. The van der Waals surface area contributed by atoms with Crippen LogP contribution in [0.25, 0.3) is 10.9 Å². The maximum Gasteiger partial charge on any atom is 0.234 e. The van der Waals surface area contributed by atoms with E-state index in [1.54, 1.807) is 7.11 Å². The van der Waals surface area contributed by atoms with Gasteiger partial charge in [0.2, 0.25) is 5.91 Å². The SMILES string of the molecule is COc1ccc2ncc3c(c2c1)CC(N1CC[CH]CC1C(N)=O)CS3. The average Bonchev–Trinajstić information content (AvgIpc) is 2.67. The highest BCUT2D eigenvalue weighted by atomic mass is 32.2. The maximum absolute atomic E-state index is 11.9. The number of likely N-dealkylation sites (tertiary alicyclic amines) is 1. The zero-order valence-corrected chi connectivity index (χ0v) is 15.1. The second-order valence-electron chi connectivity index (χ2n) is 6.62. The molecule has 2 atom stereocenters. The number of benzene rings is 1. The lowest BCUT2D eigenvalue weighted by Crippen LogP contribution is -2.54. The number of hydrogen-bond acceptors (Lipinski definition) is 5. The number of nitrogens with two attached hydrogens (primary N) is 1. The summed E-state index contributed by atoms with van der Waals surface area (Å²) in [4.78, 5) is 20.0. The third-order valence-corrected chi connectivity index (χ3v) is 6.41. The first-order valence-electron chi connectivity index (χ1n) is 8.62. The van der Waals surface area contributed by atoms with Gasteiger partial charge in [0.15, 0.2) is 0 Å². The van der Waals surface area contributed by atoms with Crippen LogP contribution in [0.15, 0.2) is 29.3 Å². The molecule has 2 aliphatic heterocycles. The monoisotopic (exact) mass is 356 g/mol. The molecule has 2 aromatic rings. The van der Waals surface area contributed by atoms with Gasteiger partial charge >= 0.3 is 0 Å². The number of carbonyl (C=O) groups excluding carboxylic acids is 1. The molecule has 1 aromatic carbocycles. The molecule has 131 valence electrons. The molecule has 3 heterocycles. The third kappa shape index (κ3) is 3.09. The summed E-state index contributed by atoms with van der Waals surface area (Å²) in [5.41, 5.74) is 7.95. The van der Waals surface area contributed by atoms with E-state index in [9.17, 15) is 4.79 Å². The molecule has 25 heavy (non-hydrogen) atoms. The smallest absolute Gasteiger partial charge is 0.234 e. The van der Waals surface area contributed by atoms with Crippen LogP contribution < -0.4 is 10.5 Å². The largest absolute Gasteiger partial charge is 0.497 e. The van der Waals surface area contributed by atoms with Gasteiger partial charge in [-0.3, -0.25) is 14.7 Å². The van der Waals surface area contributed by atoms with E-state index in [0.717, 1.165) is 48.2 Å². The van der Waals surface area contributed by atoms with Crippen LogP contribution in [0.3, 0.4) is 0 Å². The first kappa shape index (κ1) is 16.7. The van der Waals surface area contributed by atoms with Crippen molar-refractivity contribution >= 4 is 28.6 Å². The van der Waals surface area contributed by atoms with E-state index in [4.69, 9.17) is 10.5 Å². The van der Waals surface area contributed by atoms with Gasteiger partial charge in [0, 0.05) is 28.3 Å². The summed E-state index contributed by atoms with van der Waals surface area (Å²) in [6.45, 7) is 0.903. The second kappa shape index (κ2) is 6.84. The van der Waals surface area contributed by atoms with Crippen molar-refractivity contribution in [2.75, 3.05) is 19.4 Å². The van der Waals surface area contributed by atoms with Crippen LogP contribution in [0.5, 0.6) is 5.75 Å². The number of aromatic nitrogens is 1. The van der Waals surface area contributed by atoms with Crippen LogP contribution in [-0.4, -0.2) is 47.3 Å². The topological polar surface area (TPSA) is 68.4 Å². The number of hydrogen-bond donors (Lipinski definition) is 1. The summed E-state index contributed by atoms with van der Waals surface area (Å²) in [5.74, 6) is 1.60. The summed E-state index contributed by atoms with van der Waals surface area (Å²) in [6, 6.07) is 6.16. The number of rotatable bonds is 3. The van der Waals surface area contributed by atoms with Gasteiger partial charge in [0.1, 0.15) is 5.75 Å². The number of piperidine rings is 1. The first-order valence-corrected chi connectivity index (χ1v) is 9.61. The number of methoxy groups -OCH3 is 1. The number of amides is 1. The van der Waals surface area contributed by atoms with Gasteiger partial charge in [-0.2, -0.15) is 0 Å². The van der Waals surface area contributed by atoms with Crippen molar-refractivity contribution in [2.24, 2.45) is 5.73 Å². The van der Waals surface area contributed by atoms with Gasteiger partial charge in [-0.25, -0.2) is 0 Å². The molecule has 1 fully saturated rings. The Bertz CT molecular complexity index is 805. The van der Waals surface area contributed by atoms with E-state index in [1.807, 2.05) is 30.1 Å². The van der Waals surface area contributed by atoms with Crippen molar-refractivity contribution in [2.45, 2.75) is 36.2 Å². The Morgan fingerprint density at radius 1 is 1.44 bits per heavy atom. The fourth-order valence-electron chi connectivity index (χ4n) is 3.89. The second-order valence-corrected chi connectivity index (χ2v) is 7.68. The molecular weight excluding hydrogens is 334 g/mol. The van der Waals surface area contributed by atoms with Crippen molar-refractivity contribution in [1.29, 1.82) is 0 Å². The van der Waals surface area contributed by atoms with Crippen molar-refractivity contribution in [3.8, 4) is 5.75 Å². The Hall–Kier alpha value is -1.79. The molecule has 0 bridgehead atoms. The fourth-order valence-corrected chi connectivity index (χ4v) is 5.06. The van der Waals surface area contributed by atoms with Crippen LogP contribution in [0, 0.1) is 6.42 Å². The number of carbonyl (C=O) groups is 1. The highest BCUT2D eigenvalue weighted by molar-refractivity contribution is 7.99. The Balaban J connectivity index is 1.69. The van der Waals surface area contributed by atoms with Gasteiger partial charge in [-0.1, -0.05) is 0 Å². The number of thioether (sulfide) groups is 1. The van der Waals surface area contributed by atoms with E-state index in [0.29, 0.717) is 6.04 Å². The van der Waals surface area contributed by atoms with Crippen LogP contribution in [-0.2, 0) is 11.2 Å². The Kier molecular flexibility index (Phi) is 4.56. The highest BCUT2D eigenvalue weighted by Crippen LogP contribution is 2.38. The third-order valence-electron chi connectivity index (χ3n) is 5.20. The van der Waals surface area contributed by atoms with Crippen LogP contribution in [0.2, 0.25) is 0 Å². The molecule has 2 unspecified atom stereocenters. The molecule has 5 nitrogen and oxygen atoms in total. The number of ether oxygens (including phenoxy) is 1. The minimum Gasteiger partial charge on any atom is -0.497 e. The van der Waals surface area contributed by atoms with Crippen molar-refractivity contribution < 1.29 is 9.53 Å². The molecule has 0 aliphatic carbocycles. The van der Waals surface area contributed by atoms with Crippen LogP contribution in [0.4, 0.5) is 0 Å². The predicted molar refractivity (Wildman–Crippen MR) is 99.7 cm³/mol. The fraction of sp³-hybridized carbons (Fsp3) is 0.421. The highest BCUT2D eigenvalue weighted by Gasteiger charge is 2.35. The van der Waals surface area contributed by atoms with Crippen molar-refractivity contribution in [3.05, 3.63) is 36.4 Å². The van der Waals surface area contributed by atoms with E-state index in [-0.39, 0.29) is 11.9 Å².